The van der Waals surface area contributed by atoms with Crippen molar-refractivity contribution < 1.29 is 28.6 Å². The lowest BCUT2D eigenvalue weighted by atomic mass is 9.84. The number of amides is 2. The minimum absolute atomic E-state index is 0.156. The van der Waals surface area contributed by atoms with Gasteiger partial charge in [-0.05, 0) is 18.1 Å². The Morgan fingerprint density at radius 3 is 2.31 bits per heavy atom. The van der Waals surface area contributed by atoms with Gasteiger partial charge in [0.25, 0.3) is 0 Å². The molecule has 36 heavy (non-hydrogen) atoms. The number of β-lactam (4-membered cyclic amide) rings is 1. The van der Waals surface area contributed by atoms with Gasteiger partial charge in [0.1, 0.15) is 18.7 Å². The van der Waals surface area contributed by atoms with Gasteiger partial charge in [0.15, 0.2) is 11.6 Å². The molecule has 2 aromatic carbocycles. The van der Waals surface area contributed by atoms with Gasteiger partial charge in [-0.25, -0.2) is 4.79 Å². The van der Waals surface area contributed by atoms with E-state index in [1.807, 2.05) is 79.7 Å². The van der Waals surface area contributed by atoms with Gasteiger partial charge in [0, 0.05) is 6.42 Å². The van der Waals surface area contributed by atoms with Gasteiger partial charge in [0.2, 0.25) is 5.91 Å². The molecule has 5 rings (SSSR count). The third-order valence-electron chi connectivity index (χ3n) is 7.18. The van der Waals surface area contributed by atoms with Gasteiger partial charge in [-0.3, -0.25) is 14.5 Å². The third kappa shape index (κ3) is 4.10. The van der Waals surface area contributed by atoms with Crippen molar-refractivity contribution in [3.63, 3.8) is 0 Å². The van der Waals surface area contributed by atoms with Crippen LogP contribution < -0.4 is 0 Å². The number of ketones is 1. The van der Waals surface area contributed by atoms with Crippen LogP contribution in [0.4, 0.5) is 4.79 Å². The molecule has 4 atom stereocenters. The number of nitrogens with zero attached hydrogens (tertiary/aromatic N) is 2. The molecule has 3 saturated heterocycles. The number of benzene rings is 2. The van der Waals surface area contributed by atoms with Crippen LogP contribution in [0.2, 0.25) is 0 Å². The first-order valence-electron chi connectivity index (χ1n) is 12.3. The van der Waals surface area contributed by atoms with Crippen LogP contribution in [-0.2, 0) is 23.8 Å². The predicted molar refractivity (Wildman–Crippen MR) is 132 cm³/mol. The summed E-state index contributed by atoms with van der Waals surface area (Å²) in [6, 6.07) is 16.5. The fourth-order valence-electron chi connectivity index (χ4n) is 5.49. The van der Waals surface area contributed by atoms with E-state index in [-0.39, 0.29) is 18.3 Å². The van der Waals surface area contributed by atoms with Crippen LogP contribution in [-0.4, -0.2) is 71.3 Å². The third-order valence-corrected chi connectivity index (χ3v) is 7.18. The van der Waals surface area contributed by atoms with Crippen LogP contribution in [0.3, 0.4) is 0 Å². The average molecular weight is 491 g/mol. The zero-order valence-corrected chi connectivity index (χ0v) is 20.4. The van der Waals surface area contributed by atoms with E-state index in [2.05, 4.69) is 0 Å². The van der Waals surface area contributed by atoms with E-state index in [1.165, 1.54) is 16.7 Å². The second-order valence-corrected chi connectivity index (χ2v) is 9.24. The smallest absolute Gasteiger partial charge is 0.411 e. The maximum atomic E-state index is 13.8. The SMILES string of the molecule is CCC1(C(C(C)=O)N2C(=O)[C@@H](N3C(=O)OC[C@@H]3c3ccccc3)[C@H]2/C=C/c2ccccc2)OCCO1. The van der Waals surface area contributed by atoms with Crippen LogP contribution in [0, 0.1) is 0 Å². The first-order chi connectivity index (χ1) is 17.5. The number of carbonyl (C=O) groups excluding carboxylic acids is 3. The van der Waals surface area contributed by atoms with Crippen molar-refractivity contribution in [3.05, 3.63) is 77.9 Å². The Hall–Kier alpha value is -3.49. The standard InChI is InChI=1S/C28H30N2O6/c1-3-28(35-16-17-36-28)25(19(2)31)30-22(15-14-20-10-6-4-7-11-20)24(26(30)32)29-23(18-34-27(29)33)21-12-8-5-9-13-21/h4-15,22-25H,3,16-18H2,1-2H3/b15-14+/t22-,23-,24+,25?/m1/s1. The lowest BCUT2D eigenvalue weighted by molar-refractivity contribution is -0.220. The van der Waals surface area contributed by atoms with E-state index in [0.29, 0.717) is 19.6 Å². The summed E-state index contributed by atoms with van der Waals surface area (Å²) in [6.07, 6.45) is 3.64. The number of hydrogen-bond acceptors (Lipinski definition) is 6. The molecule has 0 aliphatic carbocycles. The molecule has 3 fully saturated rings. The van der Waals surface area contributed by atoms with Gasteiger partial charge >= 0.3 is 6.09 Å². The van der Waals surface area contributed by atoms with Gasteiger partial charge in [-0.2, -0.15) is 0 Å². The summed E-state index contributed by atoms with van der Waals surface area (Å²) in [5.41, 5.74) is 1.83. The molecular formula is C28H30N2O6. The van der Waals surface area contributed by atoms with Crippen molar-refractivity contribution in [2.24, 2.45) is 0 Å². The second kappa shape index (κ2) is 9.87. The molecule has 1 unspecified atom stereocenters. The molecule has 2 aromatic rings. The molecule has 0 N–H and O–H groups in total. The molecule has 3 heterocycles. The summed E-state index contributed by atoms with van der Waals surface area (Å²) in [7, 11) is 0. The fourth-order valence-corrected chi connectivity index (χ4v) is 5.49. The van der Waals surface area contributed by atoms with Crippen LogP contribution in [0.25, 0.3) is 6.08 Å². The van der Waals surface area contributed by atoms with E-state index in [4.69, 9.17) is 14.2 Å². The maximum absolute atomic E-state index is 13.8. The molecule has 0 radical (unpaired) electrons. The lowest BCUT2D eigenvalue weighted by Crippen LogP contribution is -2.76. The molecule has 3 aliphatic rings. The van der Waals surface area contributed by atoms with Gasteiger partial charge in [0.05, 0.1) is 25.3 Å². The van der Waals surface area contributed by atoms with E-state index < -0.39 is 36.0 Å². The van der Waals surface area contributed by atoms with Crippen LogP contribution in [0.1, 0.15) is 37.4 Å². The molecular weight excluding hydrogens is 460 g/mol. The fraction of sp³-hybridized carbons (Fsp3) is 0.393. The van der Waals surface area contributed by atoms with E-state index in [0.717, 1.165) is 11.1 Å². The Morgan fingerprint density at radius 2 is 1.69 bits per heavy atom. The highest BCUT2D eigenvalue weighted by Crippen LogP contribution is 2.42. The van der Waals surface area contributed by atoms with Gasteiger partial charge in [-0.15, -0.1) is 0 Å². The zero-order chi connectivity index (χ0) is 25.3. The molecule has 0 saturated carbocycles. The maximum Gasteiger partial charge on any atom is 0.411 e. The molecule has 8 heteroatoms. The predicted octanol–water partition coefficient (Wildman–Crippen LogP) is 3.58. The summed E-state index contributed by atoms with van der Waals surface area (Å²) in [6.45, 7) is 4.18. The highest BCUT2D eigenvalue weighted by Gasteiger charge is 2.62. The van der Waals surface area contributed by atoms with Gasteiger partial charge < -0.3 is 19.1 Å². The highest BCUT2D eigenvalue weighted by atomic mass is 16.7. The minimum atomic E-state index is -1.21. The van der Waals surface area contributed by atoms with E-state index in [1.54, 1.807) is 0 Å². The Kier molecular flexibility index (Phi) is 6.64. The minimum Gasteiger partial charge on any atom is -0.447 e. The molecule has 2 amide bonds. The average Bonchev–Trinajstić information content (AvgIpc) is 3.53. The number of ether oxygens (including phenoxy) is 3. The molecule has 3 aliphatic heterocycles. The normalized spacial score (nSPS) is 26.2. The van der Waals surface area contributed by atoms with E-state index >= 15 is 0 Å². The zero-order valence-electron chi connectivity index (χ0n) is 20.4. The Morgan fingerprint density at radius 1 is 1.06 bits per heavy atom. The van der Waals surface area contributed by atoms with Crippen molar-refractivity contribution in [3.8, 4) is 0 Å². The number of cyclic esters (lactones) is 1. The highest BCUT2D eigenvalue weighted by molar-refractivity contribution is 5.98. The Bertz CT molecular complexity index is 1150. The van der Waals surface area contributed by atoms with Crippen molar-refractivity contribution in [1.82, 2.24) is 9.80 Å². The summed E-state index contributed by atoms with van der Waals surface area (Å²) in [5, 5.41) is 0. The van der Waals surface area contributed by atoms with Crippen molar-refractivity contribution in [2.45, 2.75) is 50.2 Å². The molecule has 0 spiro atoms. The number of rotatable bonds is 8. The van der Waals surface area contributed by atoms with Gasteiger partial charge in [-0.1, -0.05) is 79.7 Å². The van der Waals surface area contributed by atoms with Crippen molar-refractivity contribution in [1.29, 1.82) is 0 Å². The summed E-state index contributed by atoms with van der Waals surface area (Å²) >= 11 is 0. The molecule has 188 valence electrons. The summed E-state index contributed by atoms with van der Waals surface area (Å²) in [4.78, 5) is 42.8. The quantitative estimate of drug-likeness (QED) is 0.526. The number of carbonyl (C=O) groups is 3. The molecule has 0 bridgehead atoms. The second-order valence-electron chi connectivity index (χ2n) is 9.24. The van der Waals surface area contributed by atoms with Crippen molar-refractivity contribution >= 4 is 23.9 Å². The number of hydrogen-bond donors (Lipinski definition) is 0. The van der Waals surface area contributed by atoms with Crippen LogP contribution in [0.5, 0.6) is 0 Å². The van der Waals surface area contributed by atoms with Crippen LogP contribution in [0.15, 0.2) is 66.7 Å². The Labute approximate surface area is 210 Å². The Balaban J connectivity index is 1.54. The van der Waals surface area contributed by atoms with Crippen LogP contribution >= 0.6 is 0 Å². The largest absolute Gasteiger partial charge is 0.447 e. The molecule has 0 aromatic heterocycles. The lowest BCUT2D eigenvalue weighted by Gasteiger charge is -2.54. The molecule has 8 nitrogen and oxygen atoms in total. The van der Waals surface area contributed by atoms with Crippen molar-refractivity contribution in [2.75, 3.05) is 19.8 Å². The van der Waals surface area contributed by atoms with E-state index in [9.17, 15) is 14.4 Å². The number of likely N-dealkylation sites (tertiary alicyclic amines) is 1. The summed E-state index contributed by atoms with van der Waals surface area (Å²) < 4.78 is 17.3. The number of Topliss-reactive ketones (excluding diaryl/α,β-unsaturated/α-hetero) is 1. The topological polar surface area (TPSA) is 85.4 Å². The first-order valence-corrected chi connectivity index (χ1v) is 12.3. The summed E-state index contributed by atoms with van der Waals surface area (Å²) in [5.74, 6) is -1.77. The monoisotopic (exact) mass is 490 g/mol. The first kappa shape index (κ1) is 24.2.